The molecular weight excluding hydrogens is 325 g/mol. The van der Waals surface area contributed by atoms with E-state index in [1.807, 2.05) is 0 Å². The van der Waals surface area contributed by atoms with Crippen LogP contribution in [-0.4, -0.2) is 62.8 Å². The van der Waals surface area contributed by atoms with Crippen LogP contribution in [0.3, 0.4) is 0 Å². The molecule has 1 aromatic carbocycles. The maximum Gasteiger partial charge on any atom is 0.184 e. The first-order valence-corrected chi connectivity index (χ1v) is 6.73. The minimum Gasteiger partial charge on any atom is -0.397 e. The molecule has 0 amide bonds. The third kappa shape index (κ3) is 4.67. The molecule has 5 atom stereocenters. The van der Waals surface area contributed by atoms with Crippen LogP contribution in [0, 0.1) is 0 Å². The van der Waals surface area contributed by atoms with Crippen LogP contribution in [0.2, 0.25) is 10.0 Å². The van der Waals surface area contributed by atoms with E-state index in [2.05, 4.69) is 4.74 Å². The molecule has 1 fully saturated rings. The highest BCUT2D eigenvalue weighted by Gasteiger charge is 2.42. The van der Waals surface area contributed by atoms with E-state index in [-0.39, 0.29) is 0 Å². The Balaban J connectivity index is 0.000000219. The van der Waals surface area contributed by atoms with Crippen molar-refractivity contribution in [2.24, 2.45) is 0 Å². The summed E-state index contributed by atoms with van der Waals surface area (Å²) in [5, 5.41) is 45.6. The Morgan fingerprint density at radius 2 is 1.67 bits per heavy atom. The molecule has 120 valence electrons. The Labute approximate surface area is 131 Å². The fraction of sp³-hybridized carbons (Fsp3) is 0.500. The van der Waals surface area contributed by atoms with E-state index in [4.69, 9.17) is 54.5 Å². The zero-order chi connectivity index (χ0) is 16.2. The monoisotopic (exact) mass is 341 g/mol. The molecule has 1 aliphatic rings. The first kappa shape index (κ1) is 18.4. The number of ether oxygens (including phenoxy) is 1. The van der Waals surface area contributed by atoms with E-state index in [0.29, 0.717) is 15.7 Å². The molecule has 7 nitrogen and oxygen atoms in total. The van der Waals surface area contributed by atoms with Crippen LogP contribution in [-0.2, 0) is 4.74 Å². The highest BCUT2D eigenvalue weighted by molar-refractivity contribution is 6.43. The largest absolute Gasteiger partial charge is 0.397 e. The van der Waals surface area contributed by atoms with Gasteiger partial charge in [-0.3, -0.25) is 0 Å². The van der Waals surface area contributed by atoms with Crippen LogP contribution < -0.4 is 5.73 Å². The van der Waals surface area contributed by atoms with Crippen LogP contribution in [0.15, 0.2) is 18.2 Å². The maximum atomic E-state index is 9.12. The van der Waals surface area contributed by atoms with Gasteiger partial charge in [-0.2, -0.15) is 0 Å². The number of anilines is 1. The van der Waals surface area contributed by atoms with Gasteiger partial charge in [0.2, 0.25) is 0 Å². The lowest BCUT2D eigenvalue weighted by Gasteiger charge is -2.37. The van der Waals surface area contributed by atoms with Gasteiger partial charge in [0.05, 0.1) is 22.3 Å². The van der Waals surface area contributed by atoms with Crippen LogP contribution in [0.4, 0.5) is 5.69 Å². The average molecular weight is 342 g/mol. The lowest BCUT2D eigenvalue weighted by molar-refractivity contribution is -0.286. The normalized spacial score (nSPS) is 32.2. The van der Waals surface area contributed by atoms with Gasteiger partial charge in [-0.25, -0.2) is 0 Å². The highest BCUT2D eigenvalue weighted by Crippen LogP contribution is 2.26. The number of benzene rings is 1. The Bertz CT molecular complexity index is 438. The molecule has 9 heteroatoms. The van der Waals surface area contributed by atoms with E-state index >= 15 is 0 Å². The van der Waals surface area contributed by atoms with Gasteiger partial charge in [0, 0.05) is 0 Å². The van der Waals surface area contributed by atoms with E-state index in [1.54, 1.807) is 18.2 Å². The number of hydrogen-bond donors (Lipinski definition) is 6. The molecule has 21 heavy (non-hydrogen) atoms. The maximum absolute atomic E-state index is 9.12. The quantitative estimate of drug-likeness (QED) is 0.373. The first-order valence-electron chi connectivity index (χ1n) is 5.97. The van der Waals surface area contributed by atoms with E-state index < -0.39 is 37.3 Å². The molecule has 0 unspecified atom stereocenters. The lowest BCUT2D eigenvalue weighted by Crippen LogP contribution is -2.58. The van der Waals surface area contributed by atoms with Crippen LogP contribution in [0.25, 0.3) is 0 Å². The van der Waals surface area contributed by atoms with Gasteiger partial charge in [0.15, 0.2) is 6.29 Å². The van der Waals surface area contributed by atoms with Crippen molar-refractivity contribution in [3.63, 3.8) is 0 Å². The van der Waals surface area contributed by atoms with Crippen LogP contribution in [0.1, 0.15) is 0 Å². The van der Waals surface area contributed by atoms with Crippen molar-refractivity contribution in [1.82, 2.24) is 0 Å². The van der Waals surface area contributed by atoms with Crippen molar-refractivity contribution >= 4 is 28.9 Å². The third-order valence-corrected chi connectivity index (χ3v) is 3.68. The van der Waals surface area contributed by atoms with Gasteiger partial charge >= 0.3 is 0 Å². The van der Waals surface area contributed by atoms with Gasteiger partial charge in [0.25, 0.3) is 0 Å². The summed E-state index contributed by atoms with van der Waals surface area (Å²) in [4.78, 5) is 0. The summed E-state index contributed by atoms with van der Waals surface area (Å²) in [5.41, 5.74) is 5.92. The van der Waals surface area contributed by atoms with Crippen molar-refractivity contribution < 1.29 is 30.3 Å². The number of rotatable bonds is 1. The summed E-state index contributed by atoms with van der Waals surface area (Å²) >= 11 is 11.2. The van der Waals surface area contributed by atoms with Gasteiger partial charge in [0.1, 0.15) is 24.4 Å². The van der Waals surface area contributed by atoms with Crippen LogP contribution in [0.5, 0.6) is 0 Å². The molecule has 0 aliphatic carbocycles. The summed E-state index contributed by atoms with van der Waals surface area (Å²) in [6, 6.07) is 5.15. The fourth-order valence-electron chi connectivity index (χ4n) is 1.60. The molecular formula is C12H17Cl2NO6. The first-order chi connectivity index (χ1) is 9.79. The summed E-state index contributed by atoms with van der Waals surface area (Å²) in [7, 11) is 0. The molecule has 1 saturated heterocycles. The predicted molar refractivity (Wildman–Crippen MR) is 76.9 cm³/mol. The van der Waals surface area contributed by atoms with E-state index in [1.165, 1.54) is 0 Å². The molecule has 1 aliphatic heterocycles. The number of aliphatic hydroxyl groups excluding tert-OH is 5. The number of nitrogens with two attached hydrogens (primary N) is 1. The smallest absolute Gasteiger partial charge is 0.184 e. The minimum atomic E-state index is -1.57. The number of aliphatic hydroxyl groups is 5. The lowest BCUT2D eigenvalue weighted by atomic mass is 10.00. The average Bonchev–Trinajstić information content (AvgIpc) is 2.47. The Hall–Kier alpha value is -0.640. The van der Waals surface area contributed by atoms with Crippen molar-refractivity contribution in [3.8, 4) is 0 Å². The SMILES string of the molecule is Nc1cccc(Cl)c1Cl.OC[C@H]1O[C@@H](O)[C@H](O)[C@@H](O)[C@H]1O. The standard InChI is InChI=1S/C6H5Cl2N.C6H12O6/c7-4-2-1-3-5(9)6(4)8;7-1-2-3(8)4(9)5(10)6(11)12-2/h1-3H,9H2;2-11H,1H2/t;2-,3+,4+,5-,6-/m.1/s1. The van der Waals surface area contributed by atoms with Gasteiger partial charge in [-0.15, -0.1) is 0 Å². The van der Waals surface area contributed by atoms with Crippen molar-refractivity contribution in [3.05, 3.63) is 28.2 Å². The highest BCUT2D eigenvalue weighted by atomic mass is 35.5. The molecule has 7 N–H and O–H groups in total. The summed E-state index contributed by atoms with van der Waals surface area (Å²) in [5.74, 6) is 0. The second kappa shape index (κ2) is 8.11. The summed E-state index contributed by atoms with van der Waals surface area (Å²) in [6.45, 7) is -0.526. The molecule has 0 aromatic heterocycles. The zero-order valence-electron chi connectivity index (χ0n) is 10.8. The Morgan fingerprint density at radius 1 is 1.05 bits per heavy atom. The Morgan fingerprint density at radius 3 is 2.14 bits per heavy atom. The molecule has 0 spiro atoms. The minimum absolute atomic E-state index is 0.430. The fourth-order valence-corrected chi connectivity index (χ4v) is 1.91. The van der Waals surface area contributed by atoms with E-state index in [9.17, 15) is 0 Å². The zero-order valence-corrected chi connectivity index (χ0v) is 12.3. The van der Waals surface area contributed by atoms with Gasteiger partial charge < -0.3 is 36.0 Å². The molecule has 1 aromatic rings. The van der Waals surface area contributed by atoms with Crippen molar-refractivity contribution in [2.75, 3.05) is 12.3 Å². The van der Waals surface area contributed by atoms with Crippen molar-refractivity contribution in [1.29, 1.82) is 0 Å². The number of halogens is 2. The topological polar surface area (TPSA) is 136 Å². The molecule has 2 rings (SSSR count). The van der Waals surface area contributed by atoms with Gasteiger partial charge in [-0.1, -0.05) is 29.3 Å². The second-order valence-electron chi connectivity index (χ2n) is 4.36. The summed E-state index contributed by atoms with van der Waals surface area (Å²) < 4.78 is 4.58. The molecule has 1 heterocycles. The van der Waals surface area contributed by atoms with Crippen molar-refractivity contribution in [2.45, 2.75) is 30.7 Å². The predicted octanol–water partition coefficient (Wildman–Crippen LogP) is -0.646. The molecule has 0 bridgehead atoms. The third-order valence-electron chi connectivity index (χ3n) is 2.85. The van der Waals surface area contributed by atoms with Crippen LogP contribution >= 0.6 is 23.2 Å². The second-order valence-corrected chi connectivity index (χ2v) is 5.15. The number of hydrogen-bond acceptors (Lipinski definition) is 7. The Kier molecular flexibility index (Phi) is 7.11. The molecule has 0 radical (unpaired) electrons. The van der Waals surface area contributed by atoms with Gasteiger partial charge in [-0.05, 0) is 12.1 Å². The molecule has 0 saturated carbocycles. The number of nitrogen functional groups attached to an aromatic ring is 1. The van der Waals surface area contributed by atoms with E-state index in [0.717, 1.165) is 0 Å². The summed E-state index contributed by atoms with van der Waals surface area (Å²) in [6.07, 6.45) is -7.04.